The lowest BCUT2D eigenvalue weighted by Gasteiger charge is -2.15. The summed E-state index contributed by atoms with van der Waals surface area (Å²) >= 11 is 0. The number of nitrogens with zero attached hydrogens (tertiary/aromatic N) is 1. The summed E-state index contributed by atoms with van der Waals surface area (Å²) in [5.74, 6) is -0.425. The second kappa shape index (κ2) is 3.67. The van der Waals surface area contributed by atoms with Crippen molar-refractivity contribution in [1.82, 2.24) is 10.2 Å². The zero-order chi connectivity index (χ0) is 10.1. The normalized spacial score (nSPS) is 32.1. The second-order valence-corrected chi connectivity index (χ2v) is 3.97. The Bertz CT molecular complexity index is 245. The number of hydrogen-bond acceptors (Lipinski definition) is 4. The summed E-state index contributed by atoms with van der Waals surface area (Å²) in [5, 5.41) is 2.37. The molecule has 0 aromatic heterocycles. The van der Waals surface area contributed by atoms with Crippen molar-refractivity contribution in [2.45, 2.75) is 6.42 Å². The third-order valence-electron chi connectivity index (χ3n) is 2.99. The third kappa shape index (κ3) is 1.53. The number of carbonyl (C=O) groups is 2. The molecule has 2 saturated heterocycles. The van der Waals surface area contributed by atoms with E-state index in [-0.39, 0.29) is 23.7 Å². The zero-order valence-corrected chi connectivity index (χ0v) is 8.03. The number of rotatable bonds is 3. The lowest BCUT2D eigenvalue weighted by atomic mass is 10.00. The molecule has 2 aliphatic heterocycles. The number of fused-ring (bicyclic) bond motifs is 1. The molecule has 3 N–H and O–H groups in total. The SMILES string of the molecule is NCCCN1C[C@@H]2C(=O)NC(=O)[C@H]2C1. The van der Waals surface area contributed by atoms with Crippen molar-refractivity contribution in [1.29, 1.82) is 0 Å². The molecule has 2 amide bonds. The van der Waals surface area contributed by atoms with Gasteiger partial charge in [0.1, 0.15) is 0 Å². The maximum Gasteiger partial charge on any atom is 0.231 e. The van der Waals surface area contributed by atoms with E-state index in [1.807, 2.05) is 0 Å². The summed E-state index contributed by atoms with van der Waals surface area (Å²) in [5.41, 5.74) is 5.40. The summed E-state index contributed by atoms with van der Waals surface area (Å²) < 4.78 is 0. The van der Waals surface area contributed by atoms with Gasteiger partial charge in [-0.15, -0.1) is 0 Å². The highest BCUT2D eigenvalue weighted by molar-refractivity contribution is 6.05. The quantitative estimate of drug-likeness (QED) is 0.542. The number of amides is 2. The predicted octanol–water partition coefficient (Wildman–Crippen LogP) is -1.46. The second-order valence-electron chi connectivity index (χ2n) is 3.97. The Morgan fingerprint density at radius 2 is 1.86 bits per heavy atom. The van der Waals surface area contributed by atoms with E-state index in [4.69, 9.17) is 5.73 Å². The molecule has 5 nitrogen and oxygen atoms in total. The Morgan fingerprint density at radius 1 is 1.29 bits per heavy atom. The summed E-state index contributed by atoms with van der Waals surface area (Å²) in [6, 6.07) is 0. The highest BCUT2D eigenvalue weighted by Gasteiger charge is 2.47. The Labute approximate surface area is 82.6 Å². The first-order valence-corrected chi connectivity index (χ1v) is 4.99. The molecule has 14 heavy (non-hydrogen) atoms. The lowest BCUT2D eigenvalue weighted by molar-refractivity contribution is -0.126. The van der Waals surface area contributed by atoms with Gasteiger partial charge in [0.05, 0.1) is 11.8 Å². The van der Waals surface area contributed by atoms with Crippen molar-refractivity contribution in [2.24, 2.45) is 17.6 Å². The average Bonchev–Trinajstić information content (AvgIpc) is 2.67. The maximum absolute atomic E-state index is 11.3. The zero-order valence-electron chi connectivity index (χ0n) is 8.03. The van der Waals surface area contributed by atoms with Gasteiger partial charge in [-0.05, 0) is 19.5 Å². The monoisotopic (exact) mass is 197 g/mol. The Balaban J connectivity index is 1.94. The Morgan fingerprint density at radius 3 is 2.36 bits per heavy atom. The van der Waals surface area contributed by atoms with E-state index >= 15 is 0 Å². The van der Waals surface area contributed by atoms with Crippen LogP contribution in [0.25, 0.3) is 0 Å². The van der Waals surface area contributed by atoms with Crippen molar-refractivity contribution in [3.05, 3.63) is 0 Å². The minimum Gasteiger partial charge on any atom is -0.330 e. The number of nitrogens with one attached hydrogen (secondary N) is 1. The van der Waals surface area contributed by atoms with E-state index in [2.05, 4.69) is 10.2 Å². The molecule has 2 fully saturated rings. The van der Waals surface area contributed by atoms with Crippen LogP contribution < -0.4 is 11.1 Å². The molecule has 2 heterocycles. The van der Waals surface area contributed by atoms with Gasteiger partial charge < -0.3 is 10.6 Å². The van der Waals surface area contributed by atoms with Gasteiger partial charge in [0.15, 0.2) is 0 Å². The van der Waals surface area contributed by atoms with E-state index < -0.39 is 0 Å². The molecule has 0 unspecified atom stereocenters. The van der Waals surface area contributed by atoms with Gasteiger partial charge in [-0.3, -0.25) is 14.9 Å². The van der Waals surface area contributed by atoms with Crippen LogP contribution in [0.4, 0.5) is 0 Å². The minimum absolute atomic E-state index is 0.102. The van der Waals surface area contributed by atoms with Gasteiger partial charge in [-0.25, -0.2) is 0 Å². The number of carbonyl (C=O) groups excluding carboxylic acids is 2. The average molecular weight is 197 g/mol. The lowest BCUT2D eigenvalue weighted by Crippen LogP contribution is -2.32. The van der Waals surface area contributed by atoms with Crippen molar-refractivity contribution in [3.8, 4) is 0 Å². The standard InChI is InChI=1S/C9H15N3O2/c10-2-1-3-12-4-6-7(5-12)9(14)11-8(6)13/h6-7H,1-5,10H2,(H,11,13,14)/t6-,7-/m0/s1. The molecule has 0 aromatic carbocycles. The molecule has 78 valence electrons. The van der Waals surface area contributed by atoms with Crippen LogP contribution in [0.3, 0.4) is 0 Å². The Kier molecular flexibility index (Phi) is 2.52. The van der Waals surface area contributed by atoms with Gasteiger partial charge in [0.2, 0.25) is 11.8 Å². The van der Waals surface area contributed by atoms with Gasteiger partial charge in [0.25, 0.3) is 0 Å². The molecular formula is C9H15N3O2. The fourth-order valence-electron chi connectivity index (χ4n) is 2.22. The fourth-order valence-corrected chi connectivity index (χ4v) is 2.22. The van der Waals surface area contributed by atoms with Gasteiger partial charge >= 0.3 is 0 Å². The van der Waals surface area contributed by atoms with Crippen LogP contribution in [0.1, 0.15) is 6.42 Å². The van der Waals surface area contributed by atoms with Crippen LogP contribution in [-0.4, -0.2) is 42.9 Å². The van der Waals surface area contributed by atoms with E-state index in [9.17, 15) is 9.59 Å². The largest absolute Gasteiger partial charge is 0.330 e. The molecule has 0 spiro atoms. The van der Waals surface area contributed by atoms with Crippen LogP contribution in [0, 0.1) is 11.8 Å². The smallest absolute Gasteiger partial charge is 0.231 e. The van der Waals surface area contributed by atoms with E-state index in [0.29, 0.717) is 19.6 Å². The molecule has 0 saturated carbocycles. The summed E-state index contributed by atoms with van der Waals surface area (Å²) in [7, 11) is 0. The molecular weight excluding hydrogens is 182 g/mol. The molecule has 2 atom stereocenters. The summed E-state index contributed by atoms with van der Waals surface area (Å²) in [6.07, 6.45) is 0.926. The van der Waals surface area contributed by atoms with E-state index in [1.54, 1.807) is 0 Å². The molecule has 2 aliphatic rings. The number of hydrogen-bond donors (Lipinski definition) is 2. The van der Waals surface area contributed by atoms with Crippen molar-refractivity contribution in [3.63, 3.8) is 0 Å². The highest BCUT2D eigenvalue weighted by Crippen LogP contribution is 2.27. The number of nitrogens with two attached hydrogens (primary N) is 1. The third-order valence-corrected chi connectivity index (χ3v) is 2.99. The molecule has 0 bridgehead atoms. The van der Waals surface area contributed by atoms with Crippen LogP contribution in [0.2, 0.25) is 0 Å². The minimum atomic E-state index is -0.111. The first kappa shape index (κ1) is 9.61. The number of likely N-dealkylation sites (tertiary alicyclic amines) is 1. The van der Waals surface area contributed by atoms with Crippen LogP contribution in [-0.2, 0) is 9.59 Å². The highest BCUT2D eigenvalue weighted by atomic mass is 16.2. The summed E-state index contributed by atoms with van der Waals surface area (Å²) in [4.78, 5) is 24.8. The first-order chi connectivity index (χ1) is 6.72. The molecule has 2 rings (SSSR count). The fraction of sp³-hybridized carbons (Fsp3) is 0.778. The van der Waals surface area contributed by atoms with Crippen LogP contribution in [0.15, 0.2) is 0 Å². The number of imide groups is 1. The van der Waals surface area contributed by atoms with Gasteiger partial charge in [0, 0.05) is 13.1 Å². The topological polar surface area (TPSA) is 75.4 Å². The van der Waals surface area contributed by atoms with Crippen molar-refractivity contribution in [2.75, 3.05) is 26.2 Å². The molecule has 0 aromatic rings. The van der Waals surface area contributed by atoms with Crippen LogP contribution >= 0.6 is 0 Å². The van der Waals surface area contributed by atoms with Crippen LogP contribution in [0.5, 0.6) is 0 Å². The predicted molar refractivity (Wildman–Crippen MR) is 50.2 cm³/mol. The maximum atomic E-state index is 11.3. The van der Waals surface area contributed by atoms with Crippen molar-refractivity contribution < 1.29 is 9.59 Å². The summed E-state index contributed by atoms with van der Waals surface area (Å²) in [6.45, 7) is 2.97. The van der Waals surface area contributed by atoms with Crippen molar-refractivity contribution >= 4 is 11.8 Å². The molecule has 0 radical (unpaired) electrons. The van der Waals surface area contributed by atoms with E-state index in [0.717, 1.165) is 13.0 Å². The first-order valence-electron chi connectivity index (χ1n) is 4.99. The van der Waals surface area contributed by atoms with E-state index in [1.165, 1.54) is 0 Å². The molecule has 5 heteroatoms. The van der Waals surface area contributed by atoms with Gasteiger partial charge in [-0.2, -0.15) is 0 Å². The van der Waals surface area contributed by atoms with Gasteiger partial charge in [-0.1, -0.05) is 0 Å². The molecule has 0 aliphatic carbocycles. The Hall–Kier alpha value is -0.940.